The van der Waals surface area contributed by atoms with Gasteiger partial charge in [-0.05, 0) is 42.8 Å². The van der Waals surface area contributed by atoms with Crippen molar-refractivity contribution in [2.45, 2.75) is 26.2 Å². The molecule has 24 heavy (non-hydrogen) atoms. The van der Waals surface area contributed by atoms with Crippen LogP contribution in [0, 0.1) is 0 Å². The minimum atomic E-state index is 0.719. The van der Waals surface area contributed by atoms with Gasteiger partial charge in [0, 0.05) is 29.6 Å². The molecule has 1 aromatic heterocycles. The maximum atomic E-state index is 6.00. The van der Waals surface area contributed by atoms with Gasteiger partial charge in [-0.25, -0.2) is 9.97 Å². The van der Waals surface area contributed by atoms with Crippen LogP contribution in [0.25, 0.3) is 22.3 Å². The number of nitrogens with zero attached hydrogens (tertiary/aromatic N) is 3. The first-order valence-electron chi connectivity index (χ1n) is 8.43. The second-order valence-electron chi connectivity index (χ2n) is 6.02. The molecule has 0 fully saturated rings. The standard InChI is InChI=1S/C20H22ClN3/c1-3-4-7-14-24(2)20-17-8-5-6-9-18(17)22-19(23-20)15-10-12-16(21)13-11-15/h5-6,8-13H,3-4,7,14H2,1-2H3. The number of hydrogen-bond donors (Lipinski definition) is 0. The molecular weight excluding hydrogens is 318 g/mol. The highest BCUT2D eigenvalue weighted by Crippen LogP contribution is 2.27. The molecule has 0 bridgehead atoms. The molecule has 1 heterocycles. The quantitative estimate of drug-likeness (QED) is 0.549. The molecule has 124 valence electrons. The van der Waals surface area contributed by atoms with Gasteiger partial charge >= 0.3 is 0 Å². The van der Waals surface area contributed by atoms with Crippen LogP contribution in [0.3, 0.4) is 0 Å². The van der Waals surface area contributed by atoms with E-state index in [2.05, 4.69) is 24.9 Å². The van der Waals surface area contributed by atoms with Gasteiger partial charge in [-0.2, -0.15) is 0 Å². The Hall–Kier alpha value is -2.13. The molecule has 0 N–H and O–H groups in total. The third-order valence-corrected chi connectivity index (χ3v) is 4.40. The SMILES string of the molecule is CCCCCN(C)c1nc(-c2ccc(Cl)cc2)nc2ccccc12. The lowest BCUT2D eigenvalue weighted by Crippen LogP contribution is -2.20. The number of unbranched alkanes of at least 4 members (excludes halogenated alkanes) is 2. The summed E-state index contributed by atoms with van der Waals surface area (Å²) in [5, 5.41) is 1.81. The predicted octanol–water partition coefficient (Wildman–Crippen LogP) is 5.58. The second-order valence-corrected chi connectivity index (χ2v) is 6.46. The van der Waals surface area contributed by atoms with Gasteiger partial charge in [-0.3, -0.25) is 0 Å². The Bertz CT molecular complexity index is 815. The van der Waals surface area contributed by atoms with Gasteiger partial charge in [0.2, 0.25) is 0 Å². The Morgan fingerprint density at radius 2 is 1.71 bits per heavy atom. The van der Waals surface area contributed by atoms with Crippen LogP contribution in [0.1, 0.15) is 26.2 Å². The highest BCUT2D eigenvalue weighted by Gasteiger charge is 2.12. The molecule has 2 aromatic carbocycles. The molecule has 0 amide bonds. The summed E-state index contributed by atoms with van der Waals surface area (Å²) < 4.78 is 0. The maximum absolute atomic E-state index is 6.00. The molecule has 0 radical (unpaired) electrons. The van der Waals surface area contributed by atoms with Crippen molar-refractivity contribution in [3.63, 3.8) is 0 Å². The number of para-hydroxylation sites is 1. The summed E-state index contributed by atoms with van der Waals surface area (Å²) in [5.74, 6) is 1.73. The number of fused-ring (bicyclic) bond motifs is 1. The molecule has 0 atom stereocenters. The minimum Gasteiger partial charge on any atom is -0.359 e. The van der Waals surface area contributed by atoms with E-state index in [1.165, 1.54) is 19.3 Å². The Morgan fingerprint density at radius 1 is 0.958 bits per heavy atom. The Morgan fingerprint density at radius 3 is 2.46 bits per heavy atom. The average Bonchev–Trinajstić information content (AvgIpc) is 2.61. The van der Waals surface area contributed by atoms with Crippen molar-refractivity contribution < 1.29 is 0 Å². The van der Waals surface area contributed by atoms with E-state index in [1.807, 2.05) is 42.5 Å². The molecule has 4 heteroatoms. The van der Waals surface area contributed by atoms with Crippen LogP contribution >= 0.6 is 11.6 Å². The van der Waals surface area contributed by atoms with Crippen molar-refractivity contribution in [2.75, 3.05) is 18.5 Å². The summed E-state index contributed by atoms with van der Waals surface area (Å²) in [6, 6.07) is 15.9. The summed E-state index contributed by atoms with van der Waals surface area (Å²) in [5.41, 5.74) is 1.95. The first-order chi connectivity index (χ1) is 11.7. The number of anilines is 1. The van der Waals surface area contributed by atoms with Crippen molar-refractivity contribution in [3.05, 3.63) is 53.6 Å². The summed E-state index contributed by atoms with van der Waals surface area (Å²) in [4.78, 5) is 11.8. The van der Waals surface area contributed by atoms with Crippen LogP contribution < -0.4 is 4.90 Å². The number of hydrogen-bond acceptors (Lipinski definition) is 3. The summed E-state index contributed by atoms with van der Waals surface area (Å²) in [7, 11) is 2.11. The fraction of sp³-hybridized carbons (Fsp3) is 0.300. The van der Waals surface area contributed by atoms with Crippen LogP contribution in [0.4, 0.5) is 5.82 Å². The lowest BCUT2D eigenvalue weighted by atomic mass is 10.1. The maximum Gasteiger partial charge on any atom is 0.162 e. The molecule has 0 unspecified atom stereocenters. The van der Waals surface area contributed by atoms with Crippen LogP contribution in [0.5, 0.6) is 0 Å². The number of halogens is 1. The van der Waals surface area contributed by atoms with E-state index < -0.39 is 0 Å². The van der Waals surface area contributed by atoms with Crippen LogP contribution in [0.2, 0.25) is 5.02 Å². The molecule has 0 aliphatic carbocycles. The van der Waals surface area contributed by atoms with Gasteiger partial charge in [0.05, 0.1) is 5.52 Å². The molecule has 0 aliphatic rings. The summed E-state index contributed by atoms with van der Waals surface area (Å²) in [6.45, 7) is 3.22. The summed E-state index contributed by atoms with van der Waals surface area (Å²) in [6.07, 6.45) is 3.62. The van der Waals surface area contributed by atoms with Crippen molar-refractivity contribution in [1.29, 1.82) is 0 Å². The van der Waals surface area contributed by atoms with E-state index in [0.717, 1.165) is 39.7 Å². The Kier molecular flexibility index (Phi) is 5.31. The lowest BCUT2D eigenvalue weighted by molar-refractivity contribution is 0.702. The third-order valence-electron chi connectivity index (χ3n) is 4.14. The van der Waals surface area contributed by atoms with Gasteiger partial charge in [-0.15, -0.1) is 0 Å². The van der Waals surface area contributed by atoms with Crippen LogP contribution in [-0.2, 0) is 0 Å². The Labute approximate surface area is 148 Å². The lowest BCUT2D eigenvalue weighted by Gasteiger charge is -2.20. The minimum absolute atomic E-state index is 0.719. The van der Waals surface area contributed by atoms with Crippen molar-refractivity contribution in [3.8, 4) is 11.4 Å². The molecule has 0 saturated heterocycles. The third kappa shape index (κ3) is 3.68. The first kappa shape index (κ1) is 16.7. The van der Waals surface area contributed by atoms with Crippen LogP contribution in [-0.4, -0.2) is 23.6 Å². The molecule has 3 rings (SSSR count). The largest absolute Gasteiger partial charge is 0.359 e. The molecule has 0 saturated carbocycles. The number of benzene rings is 2. The highest BCUT2D eigenvalue weighted by molar-refractivity contribution is 6.30. The van der Waals surface area contributed by atoms with Gasteiger partial charge in [0.15, 0.2) is 5.82 Å². The second kappa shape index (κ2) is 7.63. The van der Waals surface area contributed by atoms with E-state index in [-0.39, 0.29) is 0 Å². The van der Waals surface area contributed by atoms with E-state index in [4.69, 9.17) is 21.6 Å². The molecule has 0 aliphatic heterocycles. The highest BCUT2D eigenvalue weighted by atomic mass is 35.5. The smallest absolute Gasteiger partial charge is 0.162 e. The fourth-order valence-electron chi connectivity index (χ4n) is 2.78. The topological polar surface area (TPSA) is 29.0 Å². The zero-order valence-electron chi connectivity index (χ0n) is 14.2. The van der Waals surface area contributed by atoms with Gasteiger partial charge in [0.25, 0.3) is 0 Å². The molecule has 0 spiro atoms. The summed E-state index contributed by atoms with van der Waals surface area (Å²) >= 11 is 6.00. The van der Waals surface area contributed by atoms with E-state index >= 15 is 0 Å². The molecular formula is C20H22ClN3. The predicted molar refractivity (Wildman–Crippen MR) is 103 cm³/mol. The fourth-order valence-corrected chi connectivity index (χ4v) is 2.91. The van der Waals surface area contributed by atoms with Gasteiger partial charge < -0.3 is 4.90 Å². The average molecular weight is 340 g/mol. The number of aromatic nitrogens is 2. The molecule has 3 aromatic rings. The zero-order chi connectivity index (χ0) is 16.9. The zero-order valence-corrected chi connectivity index (χ0v) is 14.9. The van der Waals surface area contributed by atoms with E-state index in [0.29, 0.717) is 0 Å². The van der Waals surface area contributed by atoms with E-state index in [9.17, 15) is 0 Å². The molecule has 3 nitrogen and oxygen atoms in total. The first-order valence-corrected chi connectivity index (χ1v) is 8.80. The van der Waals surface area contributed by atoms with Crippen LogP contribution in [0.15, 0.2) is 48.5 Å². The van der Waals surface area contributed by atoms with Crippen molar-refractivity contribution >= 4 is 28.3 Å². The van der Waals surface area contributed by atoms with E-state index in [1.54, 1.807) is 0 Å². The monoisotopic (exact) mass is 339 g/mol. The normalized spacial score (nSPS) is 11.0. The van der Waals surface area contributed by atoms with Gasteiger partial charge in [0.1, 0.15) is 5.82 Å². The van der Waals surface area contributed by atoms with Gasteiger partial charge in [-0.1, -0.05) is 43.5 Å². The Balaban J connectivity index is 2.04. The van der Waals surface area contributed by atoms with Crippen molar-refractivity contribution in [2.24, 2.45) is 0 Å². The number of rotatable bonds is 6. The van der Waals surface area contributed by atoms with Crippen molar-refractivity contribution in [1.82, 2.24) is 9.97 Å².